The number of H-pyrrole nitrogens is 1. The average molecular weight is 430 g/mol. The molecule has 0 aliphatic rings. The molecule has 5 rings (SSSR count). The number of aryl methyl sites for hydroxylation is 2. The number of para-hydroxylation sites is 1. The molecule has 1 N–H and O–H groups in total. The molecule has 31 heavy (non-hydrogen) atoms. The lowest BCUT2D eigenvalue weighted by Crippen LogP contribution is -2.29. The van der Waals surface area contributed by atoms with Gasteiger partial charge in [-0.1, -0.05) is 60.1 Å². The van der Waals surface area contributed by atoms with Crippen molar-refractivity contribution in [3.8, 4) is 11.4 Å². The highest BCUT2D eigenvalue weighted by Crippen LogP contribution is 2.31. The molecule has 0 unspecified atom stereocenters. The summed E-state index contributed by atoms with van der Waals surface area (Å²) in [5.74, 6) is 0.429. The van der Waals surface area contributed by atoms with E-state index in [0.29, 0.717) is 21.9 Å². The van der Waals surface area contributed by atoms with E-state index >= 15 is 0 Å². The molecule has 0 saturated heterocycles. The second-order valence-corrected chi connectivity index (χ2v) is 7.98. The van der Waals surface area contributed by atoms with Gasteiger partial charge in [-0.05, 0) is 48.7 Å². The SMILES string of the molecule is Cc1cc2nc(-c3c(Cl)c4ccccc4n(OCc4ccccc4)c3=O)[nH]c2cc1C. The van der Waals surface area contributed by atoms with Crippen LogP contribution in [0.5, 0.6) is 0 Å². The van der Waals surface area contributed by atoms with Crippen molar-refractivity contribution < 1.29 is 4.84 Å². The van der Waals surface area contributed by atoms with E-state index in [1.807, 2.05) is 80.6 Å². The molecule has 3 aromatic carbocycles. The fraction of sp³-hybridized carbons (Fsp3) is 0.120. The largest absolute Gasteiger partial charge is 0.405 e. The lowest BCUT2D eigenvalue weighted by molar-refractivity contribution is 0.0996. The van der Waals surface area contributed by atoms with Gasteiger partial charge in [-0.2, -0.15) is 0 Å². The third-order valence-electron chi connectivity index (χ3n) is 5.51. The van der Waals surface area contributed by atoms with Gasteiger partial charge in [-0.25, -0.2) is 4.98 Å². The molecule has 2 heterocycles. The number of aromatic amines is 1. The van der Waals surface area contributed by atoms with Gasteiger partial charge in [-0.3, -0.25) is 4.79 Å². The van der Waals surface area contributed by atoms with Gasteiger partial charge in [0.25, 0.3) is 5.56 Å². The van der Waals surface area contributed by atoms with E-state index in [1.54, 1.807) is 0 Å². The van der Waals surface area contributed by atoms with Crippen LogP contribution in [0.15, 0.2) is 71.5 Å². The average Bonchev–Trinajstić information content (AvgIpc) is 3.17. The number of hydrogen-bond acceptors (Lipinski definition) is 3. The molecule has 0 aliphatic carbocycles. The first kappa shape index (κ1) is 19.4. The van der Waals surface area contributed by atoms with Crippen LogP contribution in [-0.2, 0) is 6.61 Å². The third-order valence-corrected chi connectivity index (χ3v) is 5.91. The molecule has 0 radical (unpaired) electrons. The highest BCUT2D eigenvalue weighted by atomic mass is 35.5. The van der Waals surface area contributed by atoms with E-state index < -0.39 is 0 Å². The van der Waals surface area contributed by atoms with E-state index in [2.05, 4.69) is 9.97 Å². The van der Waals surface area contributed by atoms with Crippen LogP contribution in [0, 0.1) is 13.8 Å². The van der Waals surface area contributed by atoms with Crippen molar-refractivity contribution in [2.24, 2.45) is 0 Å². The molecular weight excluding hydrogens is 410 g/mol. The number of nitrogens with one attached hydrogen (secondary N) is 1. The number of pyridine rings is 1. The van der Waals surface area contributed by atoms with Crippen molar-refractivity contribution >= 4 is 33.5 Å². The van der Waals surface area contributed by atoms with Crippen LogP contribution in [-0.4, -0.2) is 14.7 Å². The van der Waals surface area contributed by atoms with Gasteiger partial charge >= 0.3 is 0 Å². The van der Waals surface area contributed by atoms with Crippen LogP contribution in [0.2, 0.25) is 5.02 Å². The van der Waals surface area contributed by atoms with Gasteiger partial charge in [0.1, 0.15) is 18.0 Å². The number of hydrogen-bond donors (Lipinski definition) is 1. The van der Waals surface area contributed by atoms with Crippen molar-refractivity contribution in [3.05, 3.63) is 98.8 Å². The number of fused-ring (bicyclic) bond motifs is 2. The monoisotopic (exact) mass is 429 g/mol. The molecule has 154 valence electrons. The van der Waals surface area contributed by atoms with E-state index in [4.69, 9.17) is 16.4 Å². The van der Waals surface area contributed by atoms with Crippen LogP contribution in [0.3, 0.4) is 0 Å². The van der Waals surface area contributed by atoms with Crippen LogP contribution < -0.4 is 10.4 Å². The lowest BCUT2D eigenvalue weighted by atomic mass is 10.1. The highest BCUT2D eigenvalue weighted by Gasteiger charge is 2.21. The number of nitrogens with zero attached hydrogens (tertiary/aromatic N) is 2. The fourth-order valence-corrected chi connectivity index (χ4v) is 4.04. The third kappa shape index (κ3) is 3.37. The summed E-state index contributed by atoms with van der Waals surface area (Å²) >= 11 is 6.73. The van der Waals surface area contributed by atoms with Gasteiger partial charge in [0.2, 0.25) is 0 Å². The van der Waals surface area contributed by atoms with Crippen molar-refractivity contribution in [1.29, 1.82) is 0 Å². The van der Waals surface area contributed by atoms with E-state index in [-0.39, 0.29) is 12.2 Å². The Morgan fingerprint density at radius 3 is 2.52 bits per heavy atom. The quantitative estimate of drug-likeness (QED) is 0.413. The van der Waals surface area contributed by atoms with Crippen molar-refractivity contribution in [3.63, 3.8) is 0 Å². The topological polar surface area (TPSA) is 59.9 Å². The standard InChI is InChI=1S/C25H20ClN3O2/c1-15-12-19-20(13-16(15)2)28-24(27-19)22-23(26)18-10-6-7-11-21(18)29(25(22)30)31-14-17-8-4-3-5-9-17/h3-13H,14H2,1-2H3,(H,27,28). The lowest BCUT2D eigenvalue weighted by Gasteiger charge is -2.15. The summed E-state index contributed by atoms with van der Waals surface area (Å²) in [7, 11) is 0. The van der Waals surface area contributed by atoms with E-state index in [9.17, 15) is 4.79 Å². The predicted octanol–water partition coefficient (Wildman–Crippen LogP) is 5.44. The summed E-state index contributed by atoms with van der Waals surface area (Å²) in [4.78, 5) is 27.4. The van der Waals surface area contributed by atoms with Crippen molar-refractivity contribution in [1.82, 2.24) is 14.7 Å². The Morgan fingerprint density at radius 1 is 1.00 bits per heavy atom. The Hall–Kier alpha value is -3.57. The molecule has 0 fully saturated rings. The minimum atomic E-state index is -0.355. The molecule has 2 aromatic heterocycles. The molecule has 5 aromatic rings. The molecule has 0 bridgehead atoms. The number of aromatic nitrogens is 3. The molecule has 0 spiro atoms. The van der Waals surface area contributed by atoms with Crippen LogP contribution in [0.4, 0.5) is 0 Å². The van der Waals surface area contributed by atoms with Crippen LogP contribution >= 0.6 is 11.6 Å². The van der Waals surface area contributed by atoms with Gasteiger partial charge in [0, 0.05) is 5.39 Å². The number of imidazole rings is 1. The Kier molecular flexibility index (Phi) is 4.75. The number of halogens is 1. The molecule has 0 atom stereocenters. The first-order valence-corrected chi connectivity index (χ1v) is 10.4. The van der Waals surface area contributed by atoms with Crippen LogP contribution in [0.1, 0.15) is 16.7 Å². The Balaban J connectivity index is 1.71. The Morgan fingerprint density at radius 2 is 1.71 bits per heavy atom. The minimum absolute atomic E-state index is 0.254. The maximum atomic E-state index is 13.5. The van der Waals surface area contributed by atoms with Gasteiger partial charge in [0.05, 0.1) is 21.6 Å². The first-order valence-electron chi connectivity index (χ1n) is 10.0. The summed E-state index contributed by atoms with van der Waals surface area (Å²) in [5.41, 5.74) is 5.45. The van der Waals surface area contributed by atoms with E-state index in [0.717, 1.165) is 33.1 Å². The number of rotatable bonds is 4. The number of benzene rings is 3. The molecule has 0 aliphatic heterocycles. The Bertz CT molecular complexity index is 1450. The molecular formula is C25H20ClN3O2. The summed E-state index contributed by atoms with van der Waals surface area (Å²) in [6, 6.07) is 21.2. The van der Waals surface area contributed by atoms with E-state index in [1.165, 1.54) is 4.73 Å². The molecule has 6 heteroatoms. The maximum absolute atomic E-state index is 13.5. The minimum Gasteiger partial charge on any atom is -0.405 e. The fourth-order valence-electron chi connectivity index (χ4n) is 3.71. The van der Waals surface area contributed by atoms with Gasteiger partial charge < -0.3 is 9.82 Å². The zero-order chi connectivity index (χ0) is 21.5. The highest BCUT2D eigenvalue weighted by molar-refractivity contribution is 6.38. The summed E-state index contributed by atoms with van der Waals surface area (Å²) < 4.78 is 1.31. The predicted molar refractivity (Wildman–Crippen MR) is 125 cm³/mol. The van der Waals surface area contributed by atoms with Gasteiger partial charge in [-0.15, -0.1) is 4.73 Å². The van der Waals surface area contributed by atoms with Crippen molar-refractivity contribution in [2.75, 3.05) is 0 Å². The Labute approximate surface area is 183 Å². The maximum Gasteiger partial charge on any atom is 0.296 e. The molecule has 0 amide bonds. The smallest absolute Gasteiger partial charge is 0.296 e. The second kappa shape index (κ2) is 7.60. The van der Waals surface area contributed by atoms with Gasteiger partial charge in [0.15, 0.2) is 0 Å². The zero-order valence-electron chi connectivity index (χ0n) is 17.1. The normalized spacial score (nSPS) is 11.3. The summed E-state index contributed by atoms with van der Waals surface area (Å²) in [6.45, 7) is 4.34. The second-order valence-electron chi connectivity index (χ2n) is 7.60. The first-order chi connectivity index (χ1) is 15.0. The van der Waals surface area contributed by atoms with Crippen molar-refractivity contribution in [2.45, 2.75) is 20.5 Å². The summed E-state index contributed by atoms with van der Waals surface area (Å²) in [5, 5.41) is 1.08. The molecule has 0 saturated carbocycles. The summed E-state index contributed by atoms with van der Waals surface area (Å²) in [6.07, 6.45) is 0. The zero-order valence-corrected chi connectivity index (χ0v) is 17.9. The molecule has 5 nitrogen and oxygen atoms in total. The van der Waals surface area contributed by atoms with Crippen LogP contribution in [0.25, 0.3) is 33.3 Å².